The maximum atomic E-state index is 9.45. The predicted molar refractivity (Wildman–Crippen MR) is 54.4 cm³/mol. The first kappa shape index (κ1) is 11.3. The number of anilines is 1. The number of aromatic hydroxyl groups is 1. The van der Waals surface area contributed by atoms with Crippen molar-refractivity contribution in [3.8, 4) is 11.8 Å². The second-order valence-electron chi connectivity index (χ2n) is 3.03. The molecule has 0 spiro atoms. The zero-order valence-corrected chi connectivity index (χ0v) is 8.01. The summed E-state index contributed by atoms with van der Waals surface area (Å²) in [5, 5.41) is 38.6. The van der Waals surface area contributed by atoms with Crippen LogP contribution >= 0.6 is 0 Å². The molecule has 15 heavy (non-hydrogen) atoms. The molecule has 0 amide bonds. The Balaban J connectivity index is 2.80. The topological polar surface area (TPSA) is 96.5 Å². The lowest BCUT2D eigenvalue weighted by Gasteiger charge is -2.12. The summed E-state index contributed by atoms with van der Waals surface area (Å²) in [4.78, 5) is 0. The van der Waals surface area contributed by atoms with E-state index in [9.17, 15) is 5.11 Å². The van der Waals surface area contributed by atoms with Gasteiger partial charge < -0.3 is 20.6 Å². The SMILES string of the molecule is N#Cc1cccc(O)c1NCC(O)CO. The van der Waals surface area contributed by atoms with Gasteiger partial charge >= 0.3 is 0 Å². The Kier molecular flexibility index (Phi) is 3.92. The van der Waals surface area contributed by atoms with Crippen molar-refractivity contribution in [1.29, 1.82) is 5.26 Å². The Hall–Kier alpha value is -1.77. The minimum absolute atomic E-state index is 0.0563. The number of nitrogens with one attached hydrogen (secondary N) is 1. The molecule has 5 nitrogen and oxygen atoms in total. The van der Waals surface area contributed by atoms with Crippen molar-refractivity contribution in [2.45, 2.75) is 6.10 Å². The van der Waals surface area contributed by atoms with Gasteiger partial charge in [0.25, 0.3) is 0 Å². The minimum atomic E-state index is -0.920. The van der Waals surface area contributed by atoms with E-state index in [-0.39, 0.29) is 24.6 Å². The fourth-order valence-corrected chi connectivity index (χ4v) is 1.10. The molecule has 0 bridgehead atoms. The first-order valence-electron chi connectivity index (χ1n) is 4.44. The molecule has 1 atom stereocenters. The molecule has 1 rings (SSSR count). The lowest BCUT2D eigenvalue weighted by Crippen LogP contribution is -2.23. The average molecular weight is 208 g/mol. The Morgan fingerprint density at radius 2 is 2.20 bits per heavy atom. The van der Waals surface area contributed by atoms with Crippen molar-refractivity contribution in [3.63, 3.8) is 0 Å². The van der Waals surface area contributed by atoms with E-state index in [0.717, 1.165) is 0 Å². The summed E-state index contributed by atoms with van der Waals surface area (Å²) in [6.45, 7) is -0.300. The zero-order valence-electron chi connectivity index (χ0n) is 8.01. The molecule has 0 fully saturated rings. The van der Waals surface area contributed by atoms with Crippen molar-refractivity contribution < 1.29 is 15.3 Å². The van der Waals surface area contributed by atoms with E-state index < -0.39 is 6.10 Å². The lowest BCUT2D eigenvalue weighted by atomic mass is 10.1. The van der Waals surface area contributed by atoms with Crippen LogP contribution in [0, 0.1) is 11.3 Å². The number of phenols is 1. The molecule has 5 heteroatoms. The van der Waals surface area contributed by atoms with Crippen molar-refractivity contribution in [2.24, 2.45) is 0 Å². The molecule has 0 aliphatic rings. The molecule has 0 saturated carbocycles. The van der Waals surface area contributed by atoms with Crippen LogP contribution in [0.4, 0.5) is 5.69 Å². The molecule has 0 saturated heterocycles. The normalized spacial score (nSPS) is 11.8. The molecule has 1 aromatic carbocycles. The van der Waals surface area contributed by atoms with Crippen LogP contribution in [-0.4, -0.2) is 34.6 Å². The highest BCUT2D eigenvalue weighted by Gasteiger charge is 2.08. The molecular formula is C10H12N2O3. The fourth-order valence-electron chi connectivity index (χ4n) is 1.10. The number of phenolic OH excluding ortho intramolecular Hbond substituents is 1. The summed E-state index contributed by atoms with van der Waals surface area (Å²) >= 11 is 0. The van der Waals surface area contributed by atoms with Crippen LogP contribution in [0.5, 0.6) is 5.75 Å². The van der Waals surface area contributed by atoms with Crippen molar-refractivity contribution >= 4 is 5.69 Å². The van der Waals surface area contributed by atoms with Gasteiger partial charge in [-0.3, -0.25) is 0 Å². The molecule has 0 aliphatic heterocycles. The van der Waals surface area contributed by atoms with Crippen LogP contribution < -0.4 is 5.32 Å². The zero-order chi connectivity index (χ0) is 11.3. The lowest BCUT2D eigenvalue weighted by molar-refractivity contribution is 0.105. The van der Waals surface area contributed by atoms with E-state index in [1.807, 2.05) is 6.07 Å². The summed E-state index contributed by atoms with van der Waals surface area (Å²) < 4.78 is 0. The van der Waals surface area contributed by atoms with E-state index in [1.165, 1.54) is 6.07 Å². The van der Waals surface area contributed by atoms with Crippen LogP contribution in [0.1, 0.15) is 5.56 Å². The van der Waals surface area contributed by atoms with Crippen molar-refractivity contribution in [2.75, 3.05) is 18.5 Å². The first-order chi connectivity index (χ1) is 7.19. The fraction of sp³-hybridized carbons (Fsp3) is 0.300. The molecule has 0 aliphatic carbocycles. The Bertz CT molecular complexity index is 373. The van der Waals surface area contributed by atoms with Gasteiger partial charge in [0, 0.05) is 6.54 Å². The molecule has 0 heterocycles. The smallest absolute Gasteiger partial charge is 0.140 e. The van der Waals surface area contributed by atoms with E-state index >= 15 is 0 Å². The molecule has 1 unspecified atom stereocenters. The summed E-state index contributed by atoms with van der Waals surface area (Å²) in [6.07, 6.45) is -0.920. The largest absolute Gasteiger partial charge is 0.506 e. The van der Waals surface area contributed by atoms with Gasteiger partial charge in [-0.25, -0.2) is 0 Å². The number of aliphatic hydroxyl groups is 2. The second-order valence-corrected chi connectivity index (χ2v) is 3.03. The molecule has 80 valence electrons. The quantitative estimate of drug-likeness (QED) is 0.523. The number of aliphatic hydroxyl groups excluding tert-OH is 2. The van der Waals surface area contributed by atoms with Crippen LogP contribution in [0.15, 0.2) is 18.2 Å². The predicted octanol–water partition coefficient (Wildman–Crippen LogP) is 0.0290. The van der Waals surface area contributed by atoms with Gasteiger partial charge in [-0.15, -0.1) is 0 Å². The highest BCUT2D eigenvalue weighted by atomic mass is 16.3. The maximum Gasteiger partial charge on any atom is 0.140 e. The molecular weight excluding hydrogens is 196 g/mol. The van der Waals surface area contributed by atoms with E-state index in [0.29, 0.717) is 5.56 Å². The molecule has 1 aromatic rings. The summed E-state index contributed by atoms with van der Waals surface area (Å²) in [6, 6.07) is 6.46. The maximum absolute atomic E-state index is 9.45. The van der Waals surface area contributed by atoms with Gasteiger partial charge in [-0.2, -0.15) is 5.26 Å². The number of para-hydroxylation sites is 1. The number of rotatable bonds is 4. The second kappa shape index (κ2) is 5.20. The highest BCUT2D eigenvalue weighted by molar-refractivity contribution is 5.65. The third kappa shape index (κ3) is 2.84. The van der Waals surface area contributed by atoms with Gasteiger partial charge in [0.2, 0.25) is 0 Å². The minimum Gasteiger partial charge on any atom is -0.506 e. The number of nitriles is 1. The summed E-state index contributed by atoms with van der Waals surface area (Å²) in [7, 11) is 0. The Labute approximate surface area is 87.2 Å². The molecule has 0 radical (unpaired) electrons. The van der Waals surface area contributed by atoms with Crippen LogP contribution in [0.2, 0.25) is 0 Å². The van der Waals surface area contributed by atoms with Gasteiger partial charge in [0.1, 0.15) is 11.8 Å². The molecule has 4 N–H and O–H groups in total. The van der Waals surface area contributed by atoms with Crippen molar-refractivity contribution in [3.05, 3.63) is 23.8 Å². The van der Waals surface area contributed by atoms with E-state index in [4.69, 9.17) is 15.5 Å². The average Bonchev–Trinajstić information content (AvgIpc) is 2.26. The number of benzene rings is 1. The Morgan fingerprint density at radius 1 is 1.47 bits per heavy atom. The van der Waals surface area contributed by atoms with Gasteiger partial charge in [0.05, 0.1) is 24.0 Å². The van der Waals surface area contributed by atoms with Gasteiger partial charge in [-0.1, -0.05) is 6.07 Å². The van der Waals surface area contributed by atoms with E-state index in [2.05, 4.69) is 5.32 Å². The summed E-state index contributed by atoms with van der Waals surface area (Å²) in [5.41, 5.74) is 0.563. The summed E-state index contributed by atoms with van der Waals surface area (Å²) in [5.74, 6) is -0.0563. The first-order valence-corrected chi connectivity index (χ1v) is 4.44. The van der Waals surface area contributed by atoms with Crippen molar-refractivity contribution in [1.82, 2.24) is 0 Å². The monoisotopic (exact) mass is 208 g/mol. The number of nitrogens with zero attached hydrogens (tertiary/aromatic N) is 1. The Morgan fingerprint density at radius 3 is 2.80 bits per heavy atom. The molecule has 0 aromatic heterocycles. The third-order valence-corrected chi connectivity index (χ3v) is 1.89. The van der Waals surface area contributed by atoms with Crippen LogP contribution in [0.25, 0.3) is 0 Å². The van der Waals surface area contributed by atoms with Crippen LogP contribution in [0.3, 0.4) is 0 Å². The van der Waals surface area contributed by atoms with Gasteiger partial charge in [0.15, 0.2) is 0 Å². The van der Waals surface area contributed by atoms with Gasteiger partial charge in [-0.05, 0) is 12.1 Å². The standard InChI is InChI=1S/C10H12N2O3/c11-4-7-2-1-3-9(15)10(7)12-5-8(14)6-13/h1-3,8,12-15H,5-6H2. The number of hydrogen-bond donors (Lipinski definition) is 4. The highest BCUT2D eigenvalue weighted by Crippen LogP contribution is 2.26. The number of hydrogen-bond acceptors (Lipinski definition) is 5. The third-order valence-electron chi connectivity index (χ3n) is 1.89. The van der Waals surface area contributed by atoms with Crippen LogP contribution in [-0.2, 0) is 0 Å². The van der Waals surface area contributed by atoms with E-state index in [1.54, 1.807) is 12.1 Å².